The molecule has 0 saturated heterocycles. The Bertz CT molecular complexity index is 1470. The number of ether oxygens (including phenoxy) is 4. The average molecular weight is 629 g/mol. The minimum Gasteiger partial charge on any atom is -0.494 e. The first kappa shape index (κ1) is 34.5. The van der Waals surface area contributed by atoms with Crippen LogP contribution in [-0.2, 0) is 14.3 Å². The van der Waals surface area contributed by atoms with Crippen molar-refractivity contribution in [3.8, 4) is 11.5 Å². The van der Waals surface area contributed by atoms with Gasteiger partial charge in [0.15, 0.2) is 0 Å². The molecule has 0 atom stereocenters. The van der Waals surface area contributed by atoms with Crippen LogP contribution in [0.3, 0.4) is 0 Å². The molecule has 12 heteroatoms. The SMILES string of the molecule is CC(C)(COC(=O)C=Cc1ccc(OC(=O)c2ccc(OCCCCC(F)(F)F)cc2)cc1)COC(=O)c1cc(N)cc(N)c1. The third-order valence-corrected chi connectivity index (χ3v) is 6.13. The number of rotatable bonds is 14. The molecular formula is C33H35F3N2O7. The van der Waals surface area contributed by atoms with Gasteiger partial charge in [0, 0.05) is 29.3 Å². The van der Waals surface area contributed by atoms with E-state index in [1.807, 2.05) is 0 Å². The summed E-state index contributed by atoms with van der Waals surface area (Å²) >= 11 is 0. The Hall–Kier alpha value is -5.00. The number of unbranched alkanes of at least 4 members (excludes halogenated alkanes) is 1. The number of anilines is 2. The minimum absolute atomic E-state index is 0.00747. The van der Waals surface area contributed by atoms with Crippen molar-refractivity contribution in [3.05, 3.63) is 89.5 Å². The van der Waals surface area contributed by atoms with Crippen LogP contribution >= 0.6 is 0 Å². The van der Waals surface area contributed by atoms with Crippen LogP contribution in [-0.4, -0.2) is 43.9 Å². The van der Waals surface area contributed by atoms with E-state index in [1.165, 1.54) is 42.5 Å². The zero-order valence-electron chi connectivity index (χ0n) is 24.9. The molecular weight excluding hydrogens is 593 g/mol. The van der Waals surface area contributed by atoms with Crippen molar-refractivity contribution in [1.29, 1.82) is 0 Å². The van der Waals surface area contributed by atoms with E-state index >= 15 is 0 Å². The molecule has 0 radical (unpaired) electrons. The second-order valence-electron chi connectivity index (χ2n) is 11.0. The highest BCUT2D eigenvalue weighted by Gasteiger charge is 2.26. The van der Waals surface area contributed by atoms with Crippen molar-refractivity contribution in [1.82, 2.24) is 0 Å². The molecule has 3 aromatic carbocycles. The van der Waals surface area contributed by atoms with Gasteiger partial charge in [-0.1, -0.05) is 26.0 Å². The number of esters is 3. The number of carbonyl (C=O) groups excluding carboxylic acids is 3. The number of benzene rings is 3. The number of carbonyl (C=O) groups is 3. The van der Waals surface area contributed by atoms with E-state index in [-0.39, 0.29) is 49.5 Å². The maximum Gasteiger partial charge on any atom is 0.389 e. The van der Waals surface area contributed by atoms with Gasteiger partial charge in [-0.3, -0.25) is 0 Å². The van der Waals surface area contributed by atoms with Crippen molar-refractivity contribution in [2.45, 2.75) is 39.3 Å². The highest BCUT2D eigenvalue weighted by molar-refractivity contribution is 5.92. The van der Waals surface area contributed by atoms with Crippen LogP contribution in [0, 0.1) is 5.41 Å². The molecule has 0 spiro atoms. The van der Waals surface area contributed by atoms with E-state index in [0.29, 0.717) is 22.7 Å². The summed E-state index contributed by atoms with van der Waals surface area (Å²) in [5.74, 6) is -1.09. The molecule has 9 nitrogen and oxygen atoms in total. The number of hydrogen-bond acceptors (Lipinski definition) is 9. The normalized spacial score (nSPS) is 11.7. The fraction of sp³-hybridized carbons (Fsp3) is 0.303. The summed E-state index contributed by atoms with van der Waals surface area (Å²) in [4.78, 5) is 37.0. The third kappa shape index (κ3) is 12.6. The minimum atomic E-state index is -4.18. The van der Waals surface area contributed by atoms with Crippen molar-refractivity contribution in [3.63, 3.8) is 0 Å². The quantitative estimate of drug-likeness (QED) is 0.0662. The summed E-state index contributed by atoms with van der Waals surface area (Å²) in [5, 5.41) is 0. The van der Waals surface area contributed by atoms with Crippen LogP contribution in [0.4, 0.5) is 24.5 Å². The molecule has 0 fully saturated rings. The van der Waals surface area contributed by atoms with Gasteiger partial charge in [0.1, 0.15) is 11.5 Å². The van der Waals surface area contributed by atoms with Gasteiger partial charge < -0.3 is 30.4 Å². The van der Waals surface area contributed by atoms with Crippen LogP contribution in [0.15, 0.2) is 72.8 Å². The molecule has 0 unspecified atom stereocenters. The van der Waals surface area contributed by atoms with Gasteiger partial charge in [-0.2, -0.15) is 13.2 Å². The van der Waals surface area contributed by atoms with Gasteiger partial charge >= 0.3 is 24.1 Å². The fourth-order valence-electron chi connectivity index (χ4n) is 3.78. The van der Waals surface area contributed by atoms with Crippen molar-refractivity contribution >= 4 is 35.4 Å². The fourth-order valence-corrected chi connectivity index (χ4v) is 3.78. The molecule has 0 aliphatic heterocycles. The number of hydrogen-bond donors (Lipinski definition) is 2. The predicted molar refractivity (Wildman–Crippen MR) is 163 cm³/mol. The largest absolute Gasteiger partial charge is 0.494 e. The molecule has 0 aromatic heterocycles. The lowest BCUT2D eigenvalue weighted by molar-refractivity contribution is -0.141. The zero-order valence-corrected chi connectivity index (χ0v) is 24.9. The number of nitrogen functional groups attached to an aromatic ring is 2. The van der Waals surface area contributed by atoms with E-state index in [9.17, 15) is 27.6 Å². The smallest absolute Gasteiger partial charge is 0.389 e. The van der Waals surface area contributed by atoms with E-state index < -0.39 is 35.9 Å². The van der Waals surface area contributed by atoms with Gasteiger partial charge in [-0.25, -0.2) is 14.4 Å². The summed E-state index contributed by atoms with van der Waals surface area (Å²) < 4.78 is 58.0. The van der Waals surface area contributed by atoms with E-state index in [1.54, 1.807) is 50.2 Å². The summed E-state index contributed by atoms with van der Waals surface area (Å²) in [5.41, 5.74) is 12.6. The molecule has 45 heavy (non-hydrogen) atoms. The number of alkyl halides is 3. The maximum absolute atomic E-state index is 12.5. The standard InChI is InChI=1S/C33H35F3N2O7/c1-32(2,21-44-30(40)24-17-25(37)19-26(38)18-24)20-43-29(39)14-7-22-5-10-28(11-6-22)45-31(41)23-8-12-27(13-9-23)42-16-4-3-15-33(34,35)36/h5-14,17-19H,3-4,15-16,20-21,37-38H2,1-2H3. The van der Waals surface area contributed by atoms with Crippen molar-refractivity contribution in [2.75, 3.05) is 31.3 Å². The lowest BCUT2D eigenvalue weighted by Crippen LogP contribution is -2.28. The number of nitrogens with two attached hydrogens (primary N) is 2. The van der Waals surface area contributed by atoms with Crippen LogP contribution in [0.5, 0.6) is 11.5 Å². The van der Waals surface area contributed by atoms with Crippen molar-refractivity contribution < 1.29 is 46.5 Å². The Labute approximate surface area is 258 Å². The van der Waals surface area contributed by atoms with E-state index in [4.69, 9.17) is 30.4 Å². The lowest BCUT2D eigenvalue weighted by Gasteiger charge is -2.23. The Morgan fingerprint density at radius 3 is 1.98 bits per heavy atom. The molecule has 0 aliphatic carbocycles. The lowest BCUT2D eigenvalue weighted by atomic mass is 9.96. The first-order chi connectivity index (χ1) is 21.2. The molecule has 4 N–H and O–H groups in total. The van der Waals surface area contributed by atoms with Gasteiger partial charge in [-0.15, -0.1) is 0 Å². The van der Waals surface area contributed by atoms with Crippen LogP contribution < -0.4 is 20.9 Å². The second kappa shape index (κ2) is 15.6. The highest BCUT2D eigenvalue weighted by Crippen LogP contribution is 2.23. The van der Waals surface area contributed by atoms with Crippen molar-refractivity contribution in [2.24, 2.45) is 5.41 Å². The molecule has 0 bridgehead atoms. The average Bonchev–Trinajstić information content (AvgIpc) is 2.97. The summed E-state index contributed by atoms with van der Waals surface area (Å²) in [7, 11) is 0. The Morgan fingerprint density at radius 2 is 1.36 bits per heavy atom. The first-order valence-corrected chi connectivity index (χ1v) is 14.0. The summed E-state index contributed by atoms with van der Waals surface area (Å²) in [6.45, 7) is 3.67. The highest BCUT2D eigenvalue weighted by atomic mass is 19.4. The topological polar surface area (TPSA) is 140 Å². The van der Waals surface area contributed by atoms with Gasteiger partial charge in [0.05, 0.1) is 30.9 Å². The Balaban J connectivity index is 1.40. The molecule has 0 saturated carbocycles. The molecule has 0 aliphatic rings. The third-order valence-electron chi connectivity index (χ3n) is 6.13. The van der Waals surface area contributed by atoms with Crippen LogP contribution in [0.25, 0.3) is 6.08 Å². The molecule has 240 valence electrons. The monoisotopic (exact) mass is 628 g/mol. The van der Waals surface area contributed by atoms with Gasteiger partial charge in [0.25, 0.3) is 0 Å². The molecule has 3 aromatic rings. The van der Waals surface area contributed by atoms with Gasteiger partial charge in [0.2, 0.25) is 0 Å². The number of halogens is 3. The Kier molecular flexibility index (Phi) is 12.0. The summed E-state index contributed by atoms with van der Waals surface area (Å²) in [6, 6.07) is 16.9. The van der Waals surface area contributed by atoms with Gasteiger partial charge in [-0.05, 0) is 79.1 Å². The zero-order chi connectivity index (χ0) is 33.0. The maximum atomic E-state index is 12.5. The van der Waals surface area contributed by atoms with Crippen LogP contribution in [0.2, 0.25) is 0 Å². The van der Waals surface area contributed by atoms with E-state index in [2.05, 4.69) is 0 Å². The Morgan fingerprint density at radius 1 is 0.756 bits per heavy atom. The molecule has 3 rings (SSSR count). The summed E-state index contributed by atoms with van der Waals surface area (Å²) in [6.07, 6.45) is -2.01. The molecule has 0 heterocycles. The predicted octanol–water partition coefficient (Wildman–Crippen LogP) is 6.62. The second-order valence-corrected chi connectivity index (χ2v) is 11.0. The van der Waals surface area contributed by atoms with Crippen LogP contribution in [0.1, 0.15) is 59.4 Å². The van der Waals surface area contributed by atoms with E-state index in [0.717, 1.165) is 0 Å². The molecule has 0 amide bonds. The first-order valence-electron chi connectivity index (χ1n) is 14.0.